The number of nitrogens with zero attached hydrogens (tertiary/aromatic N) is 3. The molecule has 80 heavy (non-hydrogen) atoms. The lowest BCUT2D eigenvalue weighted by Gasteiger charge is -2.34. The van der Waals surface area contributed by atoms with Gasteiger partial charge in [-0.05, 0) is 87.7 Å². The topological polar surface area (TPSA) is 342 Å². The number of anilines is 1. The number of rotatable bonds is 30. The van der Waals surface area contributed by atoms with Crippen LogP contribution in [-0.2, 0) is 78.8 Å². The first kappa shape index (κ1) is 63.0. The summed E-state index contributed by atoms with van der Waals surface area (Å²) in [7, 11) is 1.35. The van der Waals surface area contributed by atoms with Crippen molar-refractivity contribution in [2.45, 2.75) is 132 Å². The number of piperidine rings is 1. The number of ether oxygens (including phenoxy) is 2. The molecule has 7 amide bonds. The number of likely N-dealkylation sites (tertiary alicyclic amines) is 1. The van der Waals surface area contributed by atoms with Crippen molar-refractivity contribution in [2.75, 3.05) is 84.0 Å². The molecule has 6 rings (SSSR count). The predicted octanol–water partition coefficient (Wildman–Crippen LogP) is -2.75. The number of para-hydroxylation sites is 1. The van der Waals surface area contributed by atoms with Crippen molar-refractivity contribution in [3.63, 3.8) is 0 Å². The van der Waals surface area contributed by atoms with E-state index in [0.29, 0.717) is 63.3 Å². The third-order valence-corrected chi connectivity index (χ3v) is 16.4. The Bertz CT molecular complexity index is 2420. The smallest absolute Gasteiger partial charge is 0.596 e. The van der Waals surface area contributed by atoms with Crippen LogP contribution in [0.15, 0.2) is 18.2 Å². The number of amides is 7. The normalized spacial score (nSPS) is 23.2. The van der Waals surface area contributed by atoms with E-state index in [-0.39, 0.29) is 90.3 Å². The van der Waals surface area contributed by atoms with Gasteiger partial charge >= 0.3 is 27.5 Å². The van der Waals surface area contributed by atoms with Crippen molar-refractivity contribution in [1.82, 2.24) is 52.3 Å². The van der Waals surface area contributed by atoms with Crippen LogP contribution in [0, 0.1) is 11.8 Å². The van der Waals surface area contributed by atoms with Crippen LogP contribution >= 0.6 is 0 Å². The maximum Gasteiger partial charge on any atom is 0.596 e. The van der Waals surface area contributed by atoms with E-state index < -0.39 is 122 Å². The number of nitrogens with one attached hydrogen (secondary N) is 8. The zero-order valence-electron chi connectivity index (χ0n) is 45.7. The molecule has 28 heteroatoms. The van der Waals surface area contributed by atoms with Gasteiger partial charge in [0.25, 0.3) is 5.97 Å². The quantitative estimate of drug-likeness (QED) is 0.0124. The van der Waals surface area contributed by atoms with Gasteiger partial charge in [0.05, 0.1) is 31.7 Å². The summed E-state index contributed by atoms with van der Waals surface area (Å²) in [5.41, 5.74) is 2.23. The third kappa shape index (κ3) is 17.9. The number of carboxylic acids is 1. The van der Waals surface area contributed by atoms with Crippen LogP contribution in [0.5, 0.6) is 0 Å². The fourth-order valence-corrected chi connectivity index (χ4v) is 11.5. The SMILES string of the molecule is CC[C@H](C)[C@H](NC(=O)CCNC(=O)CCNC(=O)[C@@H](CCC(=O)O)NC(=O)CN1CCC(CNCCCN(CC=O)[C]2(F)CNCC(=O)[O][Al]2)CC1)C(=O)N[C@H]1CCc2cccc3c2N(C1=O)[C@H](C(=O)N[C@H]1CC(=O)O[C@@H]1OC)C3. The van der Waals surface area contributed by atoms with Crippen molar-refractivity contribution < 1.29 is 75.5 Å². The number of carboxylic acid groups (broad SMARTS) is 1. The van der Waals surface area contributed by atoms with E-state index in [2.05, 4.69) is 42.5 Å². The minimum absolute atomic E-state index is 0.0178. The molecule has 1 aromatic carbocycles. The number of hydrogen-bond acceptors (Lipinski definition) is 18. The number of aldehydes is 1. The van der Waals surface area contributed by atoms with Gasteiger partial charge in [-0.3, -0.25) is 62.6 Å². The summed E-state index contributed by atoms with van der Waals surface area (Å²) in [4.78, 5) is 145. The fourth-order valence-electron chi connectivity index (χ4n) is 10.5. The van der Waals surface area contributed by atoms with Crippen molar-refractivity contribution >= 4 is 86.8 Å². The number of hydrogen-bond donors (Lipinski definition) is 9. The monoisotopic (exact) mass is 1140 g/mol. The largest absolute Gasteiger partial charge is 0.618 e. The molecule has 0 saturated carbocycles. The highest BCUT2D eigenvalue weighted by molar-refractivity contribution is 6.35. The number of alkyl halides is 1. The summed E-state index contributed by atoms with van der Waals surface area (Å²) in [6, 6.07) is 0.534. The Balaban J connectivity index is 0.888. The number of halogens is 1. The zero-order chi connectivity index (χ0) is 57.9. The number of cyclic esters (lactones) is 1. The highest BCUT2D eigenvalue weighted by atomic mass is 27.1. The van der Waals surface area contributed by atoms with Gasteiger partial charge < -0.3 is 65.7 Å². The van der Waals surface area contributed by atoms with Crippen molar-refractivity contribution in [3.8, 4) is 0 Å². The predicted molar refractivity (Wildman–Crippen MR) is 283 cm³/mol. The molecule has 9 N–H and O–H groups in total. The second-order valence-electron chi connectivity index (χ2n) is 20.9. The van der Waals surface area contributed by atoms with Gasteiger partial charge in [-0.2, -0.15) is 0 Å². The number of benzene rings is 1. The average molecular weight is 1140 g/mol. The minimum atomic E-state index is -1.91. The van der Waals surface area contributed by atoms with Gasteiger partial charge in [-0.25, -0.2) is 4.39 Å². The summed E-state index contributed by atoms with van der Waals surface area (Å²) >= 11 is -1.32. The Hall–Kier alpha value is -6.15. The first-order valence-corrected chi connectivity index (χ1v) is 28.5. The van der Waals surface area contributed by atoms with Gasteiger partial charge in [0.15, 0.2) is 4.65 Å². The summed E-state index contributed by atoms with van der Waals surface area (Å²) < 4.78 is 29.1. The third-order valence-electron chi connectivity index (χ3n) is 15.1. The lowest BCUT2D eigenvalue weighted by molar-refractivity contribution is -0.160. The summed E-state index contributed by atoms with van der Waals surface area (Å²) in [5.74, 6) is -6.09. The highest BCUT2D eigenvalue weighted by Gasteiger charge is 2.47. The number of esters is 1. The number of aryl methyl sites for hydroxylation is 1. The van der Waals surface area contributed by atoms with Crippen LogP contribution in [0.25, 0.3) is 0 Å². The van der Waals surface area contributed by atoms with Crippen LogP contribution in [-0.4, -0.2) is 216 Å². The Labute approximate surface area is 470 Å². The maximum absolute atomic E-state index is 15.6. The average Bonchev–Trinajstić information content (AvgIpc) is 3.90. The molecule has 1 unspecified atom stereocenters. The standard InChI is InChI=1S/C52H77FN11O15.Al/c1-4-31(2)46(50(76)59-36-10-9-33-7-5-8-34-25-38(64(47(33)34)51(36)77)49(75)60-37-26-45(73)79-52(37)78-3)61-41(67)14-18-56-40(66)13-19-57-48(74)35(11-12-43(69)70)58-42(68)30-62-21-15-32(16-22-62)27-54-17-6-20-63(23-24-65)39(53)28-55-29-44(71)72;/h5,7-8,24,31-32,35-38,46,52,54-55H,4,6,9-23,25-30H2,1-3H3,(H,56,66)(H,57,74)(H,58,68)(H,59,76)(H,60,75)(H,61,67)(H,69,70)(H,71,72);/q;+1/p-1/t31-,35+,36-,37-,38-,46-,52-;/m0./s1. The van der Waals surface area contributed by atoms with Gasteiger partial charge in [-0.15, -0.1) is 0 Å². The fraction of sp³-hybridized carbons (Fsp3) is 0.673. The Morgan fingerprint density at radius 2 is 1.68 bits per heavy atom. The number of methoxy groups -OCH3 is 1. The molecule has 0 spiro atoms. The number of carbonyl (C=O) groups is 11. The van der Waals surface area contributed by atoms with Gasteiger partial charge in [0.2, 0.25) is 47.6 Å². The van der Waals surface area contributed by atoms with Crippen molar-refractivity contribution in [2.24, 2.45) is 11.8 Å². The molecule has 5 heterocycles. The zero-order valence-corrected chi connectivity index (χ0v) is 46.8. The molecule has 8 atom stereocenters. The van der Waals surface area contributed by atoms with Crippen LogP contribution in [0.2, 0.25) is 0 Å². The molecule has 439 valence electrons. The Morgan fingerprint density at radius 1 is 0.938 bits per heavy atom. The van der Waals surface area contributed by atoms with Crippen LogP contribution < -0.4 is 47.4 Å². The highest BCUT2D eigenvalue weighted by Crippen LogP contribution is 2.39. The van der Waals surface area contributed by atoms with Gasteiger partial charge in [-0.1, -0.05) is 38.5 Å². The molecule has 3 saturated heterocycles. The van der Waals surface area contributed by atoms with E-state index in [1.165, 1.54) is 16.9 Å². The molecule has 0 aliphatic carbocycles. The lowest BCUT2D eigenvalue weighted by Crippen LogP contribution is -2.59. The molecule has 0 aromatic heterocycles. The van der Waals surface area contributed by atoms with Gasteiger partial charge in [0.1, 0.15) is 36.5 Å². The second-order valence-corrected chi connectivity index (χ2v) is 22.3. The molecule has 3 fully saturated rings. The van der Waals surface area contributed by atoms with Crippen LogP contribution in [0.1, 0.15) is 89.2 Å². The first-order valence-electron chi connectivity index (χ1n) is 27.5. The molecule has 0 bridgehead atoms. The van der Waals surface area contributed by atoms with Crippen molar-refractivity contribution in [1.29, 1.82) is 0 Å². The first-order chi connectivity index (χ1) is 38.3. The van der Waals surface area contributed by atoms with Crippen LogP contribution in [0.4, 0.5) is 10.1 Å². The van der Waals surface area contributed by atoms with Crippen LogP contribution in [0.3, 0.4) is 0 Å². The molecule has 1 aromatic rings. The second kappa shape index (κ2) is 30.6. The molecular weight excluding hydrogens is 1060 g/mol. The van der Waals surface area contributed by atoms with Gasteiger partial charge in [0, 0.05) is 59.0 Å². The molecular formula is C52H76AlFN11O15. The number of aliphatic carboxylic acids is 1. The van der Waals surface area contributed by atoms with E-state index in [0.717, 1.165) is 24.0 Å². The maximum atomic E-state index is 15.6. The molecule has 5 aliphatic rings. The van der Waals surface area contributed by atoms with E-state index in [4.69, 9.17) is 13.3 Å². The lowest BCUT2D eigenvalue weighted by atomic mass is 9.96. The minimum Gasteiger partial charge on any atom is -0.618 e. The summed E-state index contributed by atoms with van der Waals surface area (Å²) in [6.45, 7) is 5.78. The summed E-state index contributed by atoms with van der Waals surface area (Å²) in [6.07, 6.45) is 2.00. The van der Waals surface area contributed by atoms with E-state index in [1.54, 1.807) is 6.92 Å². The molecule has 5 aliphatic heterocycles. The Kier molecular flexibility index (Phi) is 24.1. The Morgan fingerprint density at radius 3 is 2.40 bits per heavy atom. The van der Waals surface area contributed by atoms with E-state index >= 15 is 4.39 Å². The summed E-state index contributed by atoms with van der Waals surface area (Å²) in [5, 5.41) is 31.7. The van der Waals surface area contributed by atoms with Crippen molar-refractivity contribution in [3.05, 3.63) is 29.3 Å². The van der Waals surface area contributed by atoms with E-state index in [1.807, 2.05) is 30.0 Å². The molecule has 1 radical (unpaired) electrons. The molecule has 26 nitrogen and oxygen atoms in total. The van der Waals surface area contributed by atoms with E-state index in [9.17, 15) is 57.8 Å². The number of carbonyl (C=O) groups excluding carboxylic acids is 10.